The summed E-state index contributed by atoms with van der Waals surface area (Å²) in [7, 11) is 1.32. The number of amides is 1. The number of rotatable bonds is 4. The number of aliphatic hydroxyl groups is 1. The summed E-state index contributed by atoms with van der Waals surface area (Å²) in [5.41, 5.74) is -0.736. The van der Waals surface area contributed by atoms with Gasteiger partial charge in [-0.2, -0.15) is 0 Å². The molecule has 0 spiro atoms. The highest BCUT2D eigenvalue weighted by Crippen LogP contribution is 2.32. The van der Waals surface area contributed by atoms with E-state index in [9.17, 15) is 14.7 Å². The van der Waals surface area contributed by atoms with Gasteiger partial charge in [0.1, 0.15) is 6.54 Å². The van der Waals surface area contributed by atoms with Crippen LogP contribution in [-0.2, 0) is 14.3 Å². The summed E-state index contributed by atoms with van der Waals surface area (Å²) < 4.78 is 4.60. The molecule has 1 saturated carbocycles. The first-order chi connectivity index (χ1) is 9.54. The van der Waals surface area contributed by atoms with Gasteiger partial charge in [-0.1, -0.05) is 19.3 Å². The smallest absolute Gasteiger partial charge is 0.325 e. The number of ether oxygens (including phenoxy) is 1. The van der Waals surface area contributed by atoms with Crippen molar-refractivity contribution in [3.63, 3.8) is 0 Å². The fraction of sp³-hybridized carbons (Fsp3) is 0.857. The average molecular weight is 284 g/mol. The van der Waals surface area contributed by atoms with Crippen molar-refractivity contribution in [2.45, 2.75) is 50.2 Å². The number of methoxy groups -OCH3 is 1. The lowest BCUT2D eigenvalue weighted by Gasteiger charge is -2.39. The SMILES string of the molecule is COC(=O)CN1CCNC(CC2(O)CCCCC2)C1=O. The third kappa shape index (κ3) is 3.70. The average Bonchev–Trinajstić information content (AvgIpc) is 2.43. The Balaban J connectivity index is 1.94. The third-order valence-corrected chi connectivity index (χ3v) is 4.30. The molecule has 0 aromatic rings. The van der Waals surface area contributed by atoms with E-state index in [-0.39, 0.29) is 12.5 Å². The Morgan fingerprint density at radius 3 is 2.80 bits per heavy atom. The van der Waals surface area contributed by atoms with Gasteiger partial charge < -0.3 is 20.1 Å². The van der Waals surface area contributed by atoms with Crippen LogP contribution < -0.4 is 5.32 Å². The molecule has 1 heterocycles. The number of esters is 1. The van der Waals surface area contributed by atoms with Crippen LogP contribution in [0.1, 0.15) is 38.5 Å². The number of nitrogens with zero attached hydrogens (tertiary/aromatic N) is 1. The molecule has 114 valence electrons. The summed E-state index contributed by atoms with van der Waals surface area (Å²) in [5.74, 6) is -0.518. The zero-order valence-electron chi connectivity index (χ0n) is 12.1. The fourth-order valence-corrected chi connectivity index (χ4v) is 3.12. The van der Waals surface area contributed by atoms with Crippen LogP contribution in [0.2, 0.25) is 0 Å². The summed E-state index contributed by atoms with van der Waals surface area (Å²) in [6, 6.07) is -0.392. The van der Waals surface area contributed by atoms with E-state index >= 15 is 0 Å². The first-order valence-electron chi connectivity index (χ1n) is 7.35. The Morgan fingerprint density at radius 2 is 2.15 bits per heavy atom. The Hall–Kier alpha value is -1.14. The molecule has 0 bridgehead atoms. The second-order valence-electron chi connectivity index (χ2n) is 5.83. The van der Waals surface area contributed by atoms with Gasteiger partial charge in [0.15, 0.2) is 0 Å². The molecule has 1 saturated heterocycles. The standard InChI is InChI=1S/C14H24N2O4/c1-20-12(17)10-16-8-7-15-11(13(16)18)9-14(19)5-3-2-4-6-14/h11,15,19H,2-10H2,1H3. The predicted octanol–water partition coefficient (Wildman–Crippen LogP) is 0.0451. The van der Waals surface area contributed by atoms with E-state index in [0.717, 1.165) is 32.1 Å². The van der Waals surface area contributed by atoms with Crippen molar-refractivity contribution in [2.24, 2.45) is 0 Å². The second kappa shape index (κ2) is 6.54. The van der Waals surface area contributed by atoms with Crippen LogP contribution in [-0.4, -0.2) is 60.3 Å². The Labute approximate surface area is 119 Å². The number of nitrogens with one attached hydrogen (secondary N) is 1. The molecule has 1 unspecified atom stereocenters. The molecule has 1 amide bonds. The lowest BCUT2D eigenvalue weighted by molar-refractivity contribution is -0.149. The minimum atomic E-state index is -0.736. The van der Waals surface area contributed by atoms with Crippen LogP contribution in [0.4, 0.5) is 0 Å². The minimum absolute atomic E-state index is 0.00799. The molecule has 6 heteroatoms. The molecule has 2 rings (SSSR count). The van der Waals surface area contributed by atoms with Gasteiger partial charge in [-0.05, 0) is 12.8 Å². The normalized spacial score (nSPS) is 26.4. The maximum Gasteiger partial charge on any atom is 0.325 e. The maximum atomic E-state index is 12.3. The van der Waals surface area contributed by atoms with E-state index < -0.39 is 17.6 Å². The summed E-state index contributed by atoms with van der Waals surface area (Å²) in [5, 5.41) is 13.7. The molecule has 2 N–H and O–H groups in total. The number of hydrogen-bond acceptors (Lipinski definition) is 5. The van der Waals surface area contributed by atoms with E-state index in [1.165, 1.54) is 12.0 Å². The van der Waals surface area contributed by atoms with Gasteiger partial charge in [-0.15, -0.1) is 0 Å². The van der Waals surface area contributed by atoms with Crippen LogP contribution in [0.25, 0.3) is 0 Å². The molecule has 6 nitrogen and oxygen atoms in total. The van der Waals surface area contributed by atoms with Crippen molar-refractivity contribution >= 4 is 11.9 Å². The molecule has 20 heavy (non-hydrogen) atoms. The van der Waals surface area contributed by atoms with Gasteiger partial charge in [0.2, 0.25) is 5.91 Å². The molecular formula is C14H24N2O4. The Kier molecular flexibility index (Phi) is 4.99. The predicted molar refractivity (Wildman–Crippen MR) is 73.0 cm³/mol. The molecule has 1 atom stereocenters. The van der Waals surface area contributed by atoms with Gasteiger partial charge >= 0.3 is 5.97 Å². The van der Waals surface area contributed by atoms with Gasteiger partial charge in [0.05, 0.1) is 18.8 Å². The van der Waals surface area contributed by atoms with Gasteiger partial charge in [0, 0.05) is 19.5 Å². The lowest BCUT2D eigenvalue weighted by atomic mass is 9.80. The van der Waals surface area contributed by atoms with Crippen molar-refractivity contribution in [1.82, 2.24) is 10.2 Å². The van der Waals surface area contributed by atoms with Gasteiger partial charge in [0.25, 0.3) is 0 Å². The highest BCUT2D eigenvalue weighted by atomic mass is 16.5. The monoisotopic (exact) mass is 284 g/mol. The molecule has 2 fully saturated rings. The molecule has 0 radical (unpaired) electrons. The highest BCUT2D eigenvalue weighted by molar-refractivity contribution is 5.86. The molecule has 1 aliphatic heterocycles. The van der Waals surface area contributed by atoms with Crippen molar-refractivity contribution in [2.75, 3.05) is 26.7 Å². The van der Waals surface area contributed by atoms with E-state index in [4.69, 9.17) is 0 Å². The van der Waals surface area contributed by atoms with Crippen LogP contribution in [0.3, 0.4) is 0 Å². The minimum Gasteiger partial charge on any atom is -0.468 e. The lowest BCUT2D eigenvalue weighted by Crippen LogP contribution is -2.58. The summed E-state index contributed by atoms with van der Waals surface area (Å²) in [4.78, 5) is 25.1. The summed E-state index contributed by atoms with van der Waals surface area (Å²) in [6.45, 7) is 1.14. The Bertz CT molecular complexity index is 366. The summed E-state index contributed by atoms with van der Waals surface area (Å²) in [6.07, 6.45) is 5.14. The number of piperazine rings is 1. The number of carbonyl (C=O) groups is 2. The third-order valence-electron chi connectivity index (χ3n) is 4.30. The van der Waals surface area contributed by atoms with E-state index in [1.54, 1.807) is 0 Å². The summed E-state index contributed by atoms with van der Waals surface area (Å²) >= 11 is 0. The van der Waals surface area contributed by atoms with Crippen molar-refractivity contribution in [3.05, 3.63) is 0 Å². The Morgan fingerprint density at radius 1 is 1.45 bits per heavy atom. The number of hydrogen-bond donors (Lipinski definition) is 2. The van der Waals surface area contributed by atoms with E-state index in [1.807, 2.05) is 0 Å². The first-order valence-corrected chi connectivity index (χ1v) is 7.35. The van der Waals surface area contributed by atoms with Crippen LogP contribution in [0.15, 0.2) is 0 Å². The first kappa shape index (κ1) is 15.3. The topological polar surface area (TPSA) is 78.9 Å². The molecule has 0 aromatic carbocycles. The zero-order valence-corrected chi connectivity index (χ0v) is 12.1. The van der Waals surface area contributed by atoms with E-state index in [2.05, 4.69) is 10.1 Å². The zero-order chi connectivity index (χ0) is 14.6. The molecular weight excluding hydrogens is 260 g/mol. The van der Waals surface area contributed by atoms with E-state index in [0.29, 0.717) is 19.5 Å². The number of carbonyl (C=O) groups excluding carboxylic acids is 2. The molecule has 1 aliphatic carbocycles. The van der Waals surface area contributed by atoms with Gasteiger partial charge in [-0.25, -0.2) is 0 Å². The van der Waals surface area contributed by atoms with Crippen LogP contribution >= 0.6 is 0 Å². The largest absolute Gasteiger partial charge is 0.468 e. The molecule has 2 aliphatic rings. The van der Waals surface area contributed by atoms with Crippen LogP contribution in [0.5, 0.6) is 0 Å². The quantitative estimate of drug-likeness (QED) is 0.713. The maximum absolute atomic E-state index is 12.3. The van der Waals surface area contributed by atoms with Crippen LogP contribution in [0, 0.1) is 0 Å². The molecule has 0 aromatic heterocycles. The van der Waals surface area contributed by atoms with Crippen molar-refractivity contribution in [3.8, 4) is 0 Å². The highest BCUT2D eigenvalue weighted by Gasteiger charge is 2.38. The van der Waals surface area contributed by atoms with Crippen molar-refractivity contribution in [1.29, 1.82) is 0 Å². The second-order valence-corrected chi connectivity index (χ2v) is 5.83. The van der Waals surface area contributed by atoms with Crippen molar-refractivity contribution < 1.29 is 19.4 Å². The van der Waals surface area contributed by atoms with Gasteiger partial charge in [-0.3, -0.25) is 9.59 Å². The fourth-order valence-electron chi connectivity index (χ4n) is 3.12.